The fourth-order valence-corrected chi connectivity index (χ4v) is 8.44. The Kier molecular flexibility index (Phi) is 8.10. The summed E-state index contributed by atoms with van der Waals surface area (Å²) < 4.78 is 2.45. The lowest BCUT2D eigenvalue weighted by Crippen LogP contribution is -2.50. The van der Waals surface area contributed by atoms with Crippen molar-refractivity contribution in [3.05, 3.63) is 199 Å². The van der Waals surface area contributed by atoms with Gasteiger partial charge in [-0.05, 0) is 58.9 Å². The molecule has 2 aliphatic carbocycles. The predicted molar refractivity (Wildman–Crippen MR) is 216 cm³/mol. The minimum Gasteiger partial charge on any atom is -0.309 e. The van der Waals surface area contributed by atoms with Gasteiger partial charge < -0.3 is 9.88 Å². The van der Waals surface area contributed by atoms with E-state index in [2.05, 4.69) is 205 Å². The number of nitrogens with one attached hydrogen (secondary N) is 1. The average Bonchev–Trinajstić information content (AvgIpc) is 3.54. The number of fused-ring (bicyclic) bond motifs is 3. The van der Waals surface area contributed by atoms with Gasteiger partial charge in [-0.15, -0.1) is 0 Å². The van der Waals surface area contributed by atoms with Crippen molar-refractivity contribution in [3.8, 4) is 27.9 Å². The third kappa shape index (κ3) is 5.76. The van der Waals surface area contributed by atoms with E-state index in [1.165, 1.54) is 55.2 Å². The number of hydrogen-bond acceptors (Lipinski definition) is 1. The van der Waals surface area contributed by atoms with Gasteiger partial charge in [-0.25, -0.2) is 0 Å². The van der Waals surface area contributed by atoms with Crippen molar-refractivity contribution in [2.45, 2.75) is 43.2 Å². The van der Waals surface area contributed by atoms with Gasteiger partial charge >= 0.3 is 0 Å². The van der Waals surface area contributed by atoms with Crippen LogP contribution in [0.2, 0.25) is 0 Å². The van der Waals surface area contributed by atoms with Gasteiger partial charge in [0.05, 0.1) is 11.0 Å². The molecule has 0 bridgehead atoms. The lowest BCUT2D eigenvalue weighted by molar-refractivity contribution is 0.354. The molecule has 0 saturated carbocycles. The lowest BCUT2D eigenvalue weighted by atomic mass is 9.72. The van der Waals surface area contributed by atoms with Crippen molar-refractivity contribution in [3.63, 3.8) is 0 Å². The second kappa shape index (κ2) is 13.2. The van der Waals surface area contributed by atoms with E-state index in [1.807, 2.05) is 0 Å². The first-order chi connectivity index (χ1) is 25.2. The number of allylic oxidation sites excluding steroid dienone is 3. The van der Waals surface area contributed by atoms with E-state index < -0.39 is 0 Å². The summed E-state index contributed by atoms with van der Waals surface area (Å²) in [6, 6.07) is 56.0. The molecule has 51 heavy (non-hydrogen) atoms. The molecule has 2 aliphatic rings. The zero-order valence-corrected chi connectivity index (χ0v) is 29.0. The van der Waals surface area contributed by atoms with E-state index >= 15 is 0 Å². The number of aromatic nitrogens is 1. The van der Waals surface area contributed by atoms with Crippen molar-refractivity contribution in [2.24, 2.45) is 0 Å². The molecule has 0 fully saturated rings. The minimum absolute atomic E-state index is 0.177. The van der Waals surface area contributed by atoms with E-state index in [1.54, 1.807) is 0 Å². The molecular weight excluding hydrogens is 617 g/mol. The second-order valence-corrected chi connectivity index (χ2v) is 14.3. The second-order valence-electron chi connectivity index (χ2n) is 14.3. The van der Waals surface area contributed by atoms with Gasteiger partial charge in [-0.3, -0.25) is 0 Å². The fourth-order valence-electron chi connectivity index (χ4n) is 8.44. The van der Waals surface area contributed by atoms with Crippen molar-refractivity contribution in [1.82, 2.24) is 9.88 Å². The first kappa shape index (κ1) is 31.3. The van der Waals surface area contributed by atoms with Crippen LogP contribution in [0.15, 0.2) is 188 Å². The van der Waals surface area contributed by atoms with Gasteiger partial charge in [0.15, 0.2) is 0 Å². The Morgan fingerprint density at radius 3 is 2.18 bits per heavy atom. The van der Waals surface area contributed by atoms with Crippen molar-refractivity contribution < 1.29 is 0 Å². The Morgan fingerprint density at radius 1 is 0.627 bits per heavy atom. The molecule has 2 heteroatoms. The number of rotatable bonds is 7. The number of nitrogens with zero attached hydrogens (tertiary/aromatic N) is 1. The highest BCUT2D eigenvalue weighted by atomic mass is 15.0. The van der Waals surface area contributed by atoms with Crippen molar-refractivity contribution in [2.75, 3.05) is 0 Å². The molecule has 6 aromatic carbocycles. The third-order valence-corrected chi connectivity index (χ3v) is 11.2. The Hall–Kier alpha value is -5.70. The Morgan fingerprint density at radius 2 is 1.33 bits per heavy atom. The van der Waals surface area contributed by atoms with Crippen LogP contribution >= 0.6 is 0 Å². The summed E-state index contributed by atoms with van der Waals surface area (Å²) in [6.07, 6.45) is 16.1. The van der Waals surface area contributed by atoms with E-state index in [-0.39, 0.29) is 11.5 Å². The summed E-state index contributed by atoms with van der Waals surface area (Å²) in [5, 5.41) is 6.64. The zero-order valence-electron chi connectivity index (χ0n) is 29.0. The predicted octanol–water partition coefficient (Wildman–Crippen LogP) is 12.0. The Bertz CT molecular complexity index is 2410. The molecule has 4 atom stereocenters. The summed E-state index contributed by atoms with van der Waals surface area (Å²) in [5.74, 6) is 0.442. The quantitative estimate of drug-likeness (QED) is 0.169. The van der Waals surface area contributed by atoms with E-state index in [4.69, 9.17) is 0 Å². The summed E-state index contributed by atoms with van der Waals surface area (Å²) in [4.78, 5) is 0. The van der Waals surface area contributed by atoms with Crippen LogP contribution in [0.4, 0.5) is 0 Å². The van der Waals surface area contributed by atoms with Crippen molar-refractivity contribution in [1.29, 1.82) is 0 Å². The molecule has 7 aromatic rings. The number of hydrogen-bond donors (Lipinski definition) is 1. The zero-order chi connectivity index (χ0) is 34.2. The van der Waals surface area contributed by atoms with Gasteiger partial charge in [0.1, 0.15) is 0 Å². The van der Waals surface area contributed by atoms with Crippen LogP contribution in [0, 0.1) is 0 Å². The number of benzene rings is 6. The van der Waals surface area contributed by atoms with Crippen LogP contribution in [0.3, 0.4) is 0 Å². The van der Waals surface area contributed by atoms with E-state index in [0.29, 0.717) is 12.0 Å². The van der Waals surface area contributed by atoms with E-state index in [0.717, 1.165) is 18.5 Å². The highest BCUT2D eigenvalue weighted by molar-refractivity contribution is 6.13. The molecule has 248 valence electrons. The van der Waals surface area contributed by atoms with Crippen LogP contribution in [0.1, 0.15) is 36.8 Å². The van der Waals surface area contributed by atoms with Gasteiger partial charge in [0.2, 0.25) is 0 Å². The molecule has 0 aliphatic heterocycles. The average molecular weight is 659 g/mol. The van der Waals surface area contributed by atoms with Crippen LogP contribution in [-0.4, -0.2) is 16.7 Å². The minimum atomic E-state index is -0.206. The summed E-state index contributed by atoms with van der Waals surface area (Å²) in [6.45, 7) is 2.39. The summed E-state index contributed by atoms with van der Waals surface area (Å²) in [5.41, 5.74) is 11.0. The summed E-state index contributed by atoms with van der Waals surface area (Å²) >= 11 is 0. The molecule has 2 nitrogen and oxygen atoms in total. The standard InChI is InChI=1S/C49H42N2/c1-49(32-11-10-27-47(49)50-41-22-13-19-38(34-41)36-17-6-3-7-18-36)40-21-12-20-39(33-40)43-24-14-25-45-44-23-8-9-26-46(44)51(48(43)45)42-30-28-37(29-31-42)35-15-4-2-5-16-35/h2-21,23-33,38,41,47,50H,22,34H2,1H3. The van der Waals surface area contributed by atoms with Gasteiger partial charge in [-0.2, -0.15) is 0 Å². The molecule has 0 saturated heterocycles. The van der Waals surface area contributed by atoms with Gasteiger partial charge in [0, 0.05) is 45.4 Å². The molecule has 0 spiro atoms. The first-order valence-corrected chi connectivity index (χ1v) is 18.3. The van der Waals surface area contributed by atoms with E-state index in [9.17, 15) is 0 Å². The molecular formula is C49H42N2. The van der Waals surface area contributed by atoms with Crippen LogP contribution in [-0.2, 0) is 5.41 Å². The smallest absolute Gasteiger partial charge is 0.0619 e. The van der Waals surface area contributed by atoms with Crippen LogP contribution in [0.25, 0.3) is 49.7 Å². The first-order valence-electron chi connectivity index (χ1n) is 18.3. The molecule has 9 rings (SSSR count). The van der Waals surface area contributed by atoms with Crippen LogP contribution in [0.5, 0.6) is 0 Å². The summed E-state index contributed by atoms with van der Waals surface area (Å²) in [7, 11) is 0. The normalized spacial score (nSPS) is 21.4. The molecule has 1 heterocycles. The molecule has 1 aromatic heterocycles. The van der Waals surface area contributed by atoms with Crippen molar-refractivity contribution >= 4 is 21.8 Å². The molecule has 0 amide bonds. The van der Waals surface area contributed by atoms with Gasteiger partial charge in [-0.1, -0.05) is 177 Å². The van der Waals surface area contributed by atoms with Crippen LogP contribution < -0.4 is 5.32 Å². The highest BCUT2D eigenvalue weighted by Crippen LogP contribution is 2.41. The maximum absolute atomic E-state index is 4.11. The maximum Gasteiger partial charge on any atom is 0.0619 e. The lowest BCUT2D eigenvalue weighted by Gasteiger charge is -2.40. The van der Waals surface area contributed by atoms with Gasteiger partial charge in [0.25, 0.3) is 0 Å². The largest absolute Gasteiger partial charge is 0.309 e. The molecule has 1 N–H and O–H groups in total. The monoisotopic (exact) mass is 658 g/mol. The Labute approximate surface area is 301 Å². The maximum atomic E-state index is 4.11. The topological polar surface area (TPSA) is 17.0 Å². The fraction of sp³-hybridized carbons (Fsp3) is 0.143. The Balaban J connectivity index is 1.09. The number of para-hydroxylation sites is 2. The molecule has 4 unspecified atom stereocenters. The third-order valence-electron chi connectivity index (χ3n) is 11.2. The highest BCUT2D eigenvalue weighted by Gasteiger charge is 2.35. The SMILES string of the molecule is CC1(c2cccc(-c3cccc4c5ccccc5n(-c5ccc(-c6ccccc6)cc5)c34)c2)C=CC=CC1NC1CC=CC(c2ccccc2)C1. The molecule has 0 radical (unpaired) electrons.